The third-order valence-electron chi connectivity index (χ3n) is 10.3. The molecule has 2 atom stereocenters. The number of anilines is 1. The first-order valence-electron chi connectivity index (χ1n) is 17.9. The van der Waals surface area contributed by atoms with Gasteiger partial charge in [0.05, 0.1) is 52.4 Å². The maximum Gasteiger partial charge on any atom is 0.291 e. The van der Waals surface area contributed by atoms with Gasteiger partial charge in [-0.05, 0) is 51.1 Å². The number of hydrogen-bond acceptors (Lipinski definition) is 9. The van der Waals surface area contributed by atoms with Gasteiger partial charge in [-0.2, -0.15) is 0 Å². The number of ether oxygens (including phenoxy) is 1. The second-order valence-electron chi connectivity index (χ2n) is 13.9. The minimum absolute atomic E-state index is 0.00780. The summed E-state index contributed by atoms with van der Waals surface area (Å²) in [5, 5.41) is 9.88. The quantitative estimate of drug-likeness (QED) is 0.209. The molecule has 0 spiro atoms. The number of hydrogen-bond donors (Lipinski definition) is 3. The fourth-order valence-corrected chi connectivity index (χ4v) is 8.08. The van der Waals surface area contributed by atoms with Crippen molar-refractivity contribution in [2.45, 2.75) is 51.2 Å². The lowest BCUT2D eigenvalue weighted by atomic mass is 9.96. The fraction of sp³-hybridized carbons (Fsp3) is 0.421. The van der Waals surface area contributed by atoms with Crippen LogP contribution in [-0.4, -0.2) is 93.4 Å². The van der Waals surface area contributed by atoms with Crippen molar-refractivity contribution >= 4 is 46.6 Å². The zero-order valence-electron chi connectivity index (χ0n) is 30.0. The van der Waals surface area contributed by atoms with Gasteiger partial charge in [-0.1, -0.05) is 41.4 Å². The number of carbonyl (C=O) groups is 3. The van der Waals surface area contributed by atoms with Crippen molar-refractivity contribution in [3.8, 4) is 28.4 Å². The van der Waals surface area contributed by atoms with E-state index in [0.29, 0.717) is 78.1 Å². The summed E-state index contributed by atoms with van der Waals surface area (Å²) in [5.74, 6) is 0.511. The molecule has 53 heavy (non-hydrogen) atoms. The molecule has 15 heteroatoms. The molecule has 3 N–H and O–H groups in total. The largest absolute Gasteiger partial charge is 0.481 e. The van der Waals surface area contributed by atoms with Gasteiger partial charge in [0.2, 0.25) is 17.7 Å². The lowest BCUT2D eigenvalue weighted by Crippen LogP contribution is -2.45. The average molecular weight is 761 g/mol. The molecule has 2 fully saturated rings. The summed E-state index contributed by atoms with van der Waals surface area (Å²) in [6.45, 7) is 3.93. The van der Waals surface area contributed by atoms with Crippen LogP contribution in [0.25, 0.3) is 22.5 Å². The molecule has 13 nitrogen and oxygen atoms in total. The van der Waals surface area contributed by atoms with Gasteiger partial charge in [0.15, 0.2) is 5.82 Å². The minimum Gasteiger partial charge on any atom is -0.481 e. The monoisotopic (exact) mass is 759 g/mol. The molecule has 3 aliphatic heterocycles. The van der Waals surface area contributed by atoms with Gasteiger partial charge in [-0.3, -0.25) is 19.4 Å². The normalized spacial score (nSPS) is 18.8. The summed E-state index contributed by atoms with van der Waals surface area (Å²) in [7, 11) is 5.45. The number of aromatic nitrogens is 4. The fourth-order valence-electron chi connectivity index (χ4n) is 7.51. The van der Waals surface area contributed by atoms with Gasteiger partial charge >= 0.3 is 0 Å². The number of nitrogens with zero attached hydrogens (tertiary/aromatic N) is 6. The van der Waals surface area contributed by atoms with E-state index in [4.69, 9.17) is 37.9 Å². The van der Waals surface area contributed by atoms with Crippen molar-refractivity contribution in [3.63, 3.8) is 0 Å². The Morgan fingerprint density at radius 2 is 1.87 bits per heavy atom. The number of piperidine rings is 1. The Morgan fingerprint density at radius 3 is 2.64 bits per heavy atom. The molecule has 2 saturated heterocycles. The highest BCUT2D eigenvalue weighted by Crippen LogP contribution is 2.40. The predicted molar refractivity (Wildman–Crippen MR) is 203 cm³/mol. The van der Waals surface area contributed by atoms with Gasteiger partial charge in [0.25, 0.3) is 5.91 Å². The van der Waals surface area contributed by atoms with Crippen LogP contribution in [-0.2, 0) is 36.1 Å². The van der Waals surface area contributed by atoms with E-state index >= 15 is 0 Å². The van der Waals surface area contributed by atoms with Gasteiger partial charge in [-0.25, -0.2) is 9.97 Å². The van der Waals surface area contributed by atoms with Gasteiger partial charge in [0, 0.05) is 80.7 Å². The van der Waals surface area contributed by atoms with Crippen LogP contribution >= 0.6 is 23.2 Å². The molecule has 0 aliphatic carbocycles. The molecule has 3 amide bonds. The molecule has 4 aromatic rings. The molecule has 6 heterocycles. The van der Waals surface area contributed by atoms with Gasteiger partial charge < -0.3 is 35.1 Å². The Labute approximate surface area is 318 Å². The van der Waals surface area contributed by atoms with Crippen LogP contribution in [0.5, 0.6) is 5.88 Å². The number of nitrogens with one attached hydrogen (secondary N) is 3. The number of imidazole rings is 1. The maximum atomic E-state index is 13.7. The van der Waals surface area contributed by atoms with Crippen molar-refractivity contribution in [3.05, 3.63) is 75.4 Å². The standard InChI is InChI=1S/C38H43Cl2N9O4/c1-47-16-5-6-23(20-47)38(52)49-17-14-30-29(21-49)44-35(48(30)2)36(51)45-28-8-4-7-26(32(28)39)34-33(40)25(13-15-42-34)27-11-9-22(37(46-27)53-3)18-41-19-24-10-12-31(50)43-24/h4,7-9,11,13,15,23-24,41H,5-6,10,12,14,16-21H2,1-3H3,(H,43,50)(H,45,51)/t23-,24-/m1/s1. The summed E-state index contributed by atoms with van der Waals surface area (Å²) < 4.78 is 7.43. The number of carbonyl (C=O) groups excluding carboxylic acids is 3. The van der Waals surface area contributed by atoms with Crippen molar-refractivity contribution in [1.82, 2.24) is 40.0 Å². The van der Waals surface area contributed by atoms with Crippen LogP contribution in [0.4, 0.5) is 5.69 Å². The van der Waals surface area contributed by atoms with Crippen molar-refractivity contribution in [1.29, 1.82) is 0 Å². The molecule has 0 unspecified atom stereocenters. The number of likely N-dealkylation sites (tertiary alicyclic amines) is 1. The predicted octanol–water partition coefficient (Wildman–Crippen LogP) is 4.71. The molecule has 0 saturated carbocycles. The minimum atomic E-state index is -0.417. The first kappa shape index (κ1) is 36.8. The van der Waals surface area contributed by atoms with Crippen LogP contribution < -0.4 is 20.7 Å². The Balaban J connectivity index is 1.06. The summed E-state index contributed by atoms with van der Waals surface area (Å²) in [4.78, 5) is 56.6. The highest BCUT2D eigenvalue weighted by molar-refractivity contribution is 6.39. The van der Waals surface area contributed by atoms with Crippen LogP contribution in [0, 0.1) is 5.92 Å². The summed E-state index contributed by atoms with van der Waals surface area (Å²) in [6, 6.07) is 11.0. The van der Waals surface area contributed by atoms with Crippen LogP contribution in [0.1, 0.15) is 53.3 Å². The zero-order valence-corrected chi connectivity index (χ0v) is 31.6. The lowest BCUT2D eigenvalue weighted by molar-refractivity contribution is -0.138. The SMILES string of the molecule is COc1nc(-c2ccnc(-c3cccc(NC(=O)c4nc5c(n4C)CCN(C(=O)[C@@H]4CCCN(C)C4)C5)c3Cl)c2Cl)ccc1CNC[C@H]1CCC(=O)N1. The Bertz CT molecular complexity index is 2050. The van der Waals surface area contributed by atoms with E-state index in [-0.39, 0.29) is 34.6 Å². The van der Waals surface area contributed by atoms with Crippen LogP contribution in [0.2, 0.25) is 10.0 Å². The first-order valence-corrected chi connectivity index (χ1v) is 18.7. The Morgan fingerprint density at radius 1 is 1.02 bits per heavy atom. The molecule has 3 aromatic heterocycles. The second-order valence-corrected chi connectivity index (χ2v) is 14.7. The first-order chi connectivity index (χ1) is 25.6. The molecule has 1 aromatic carbocycles. The maximum absolute atomic E-state index is 13.7. The summed E-state index contributed by atoms with van der Waals surface area (Å²) >= 11 is 13.9. The number of rotatable bonds is 10. The molecule has 0 radical (unpaired) electrons. The lowest BCUT2D eigenvalue weighted by Gasteiger charge is -2.34. The molecule has 7 rings (SSSR count). The number of methoxy groups -OCH3 is 1. The van der Waals surface area contributed by atoms with Crippen molar-refractivity contribution < 1.29 is 19.1 Å². The zero-order chi connectivity index (χ0) is 37.2. The topological polar surface area (TPSA) is 147 Å². The number of benzene rings is 1. The van der Waals surface area contributed by atoms with E-state index in [2.05, 4.69) is 32.9 Å². The van der Waals surface area contributed by atoms with E-state index in [1.165, 1.54) is 0 Å². The number of amides is 3. The van der Waals surface area contributed by atoms with E-state index in [9.17, 15) is 14.4 Å². The molecular formula is C38H43Cl2N9O4. The molecular weight excluding hydrogens is 717 g/mol. The second kappa shape index (κ2) is 15.8. The molecule has 3 aliphatic rings. The van der Waals surface area contributed by atoms with Crippen LogP contribution in [0.15, 0.2) is 42.6 Å². The number of pyridine rings is 2. The Hall–Kier alpha value is -4.56. The molecule has 278 valence electrons. The van der Waals surface area contributed by atoms with Gasteiger partial charge in [-0.15, -0.1) is 0 Å². The summed E-state index contributed by atoms with van der Waals surface area (Å²) in [6.07, 6.45) is 5.54. The van der Waals surface area contributed by atoms with Crippen molar-refractivity contribution in [2.75, 3.05) is 45.7 Å². The number of fused-ring (bicyclic) bond motifs is 1. The third kappa shape index (κ3) is 7.75. The molecule has 0 bridgehead atoms. The average Bonchev–Trinajstić information content (AvgIpc) is 3.73. The smallest absolute Gasteiger partial charge is 0.291 e. The van der Waals surface area contributed by atoms with Gasteiger partial charge in [0.1, 0.15) is 0 Å². The third-order valence-corrected chi connectivity index (χ3v) is 11.1. The van der Waals surface area contributed by atoms with Crippen molar-refractivity contribution in [2.24, 2.45) is 13.0 Å². The summed E-state index contributed by atoms with van der Waals surface area (Å²) in [5.41, 5.74) is 5.11. The highest BCUT2D eigenvalue weighted by atomic mass is 35.5. The van der Waals surface area contributed by atoms with E-state index in [0.717, 1.165) is 49.3 Å². The van der Waals surface area contributed by atoms with E-state index in [1.54, 1.807) is 42.1 Å². The number of halogens is 2. The van der Waals surface area contributed by atoms with Crippen LogP contribution in [0.3, 0.4) is 0 Å². The highest BCUT2D eigenvalue weighted by Gasteiger charge is 2.33. The Kier molecular flexibility index (Phi) is 11.0. The van der Waals surface area contributed by atoms with E-state index < -0.39 is 5.91 Å². The van der Waals surface area contributed by atoms with E-state index in [1.807, 2.05) is 24.1 Å².